The van der Waals surface area contributed by atoms with Gasteiger partial charge in [-0.25, -0.2) is 4.79 Å². The van der Waals surface area contributed by atoms with E-state index in [-0.39, 0.29) is 0 Å². The van der Waals surface area contributed by atoms with Crippen molar-refractivity contribution < 1.29 is 14.4 Å². The van der Waals surface area contributed by atoms with Gasteiger partial charge in [0.05, 0.1) is 0 Å². The molecule has 4 amide bonds. The van der Waals surface area contributed by atoms with Crippen LogP contribution in [-0.2, 0) is 9.59 Å². The number of barbiturate groups is 1. The van der Waals surface area contributed by atoms with Crippen LogP contribution >= 0.6 is 0 Å². The van der Waals surface area contributed by atoms with Gasteiger partial charge in [0.2, 0.25) is 5.91 Å². The van der Waals surface area contributed by atoms with Gasteiger partial charge >= 0.3 is 6.03 Å². The summed E-state index contributed by atoms with van der Waals surface area (Å²) in [6.07, 6.45) is -0.436. The number of rotatable bonds is 1. The van der Waals surface area contributed by atoms with E-state index in [2.05, 4.69) is 5.22 Å². The zero-order chi connectivity index (χ0) is 8.43. The predicted octanol–water partition coefficient (Wildman–Crippen LogP) is -0.599. The van der Waals surface area contributed by atoms with Crippen LogP contribution in [0.25, 0.3) is 0 Å². The van der Waals surface area contributed by atoms with Crippen molar-refractivity contribution in [3.8, 4) is 0 Å². The number of imide groups is 2. The number of amides is 4. The Morgan fingerprint density at radius 2 is 2.09 bits per heavy atom. The van der Waals surface area contributed by atoms with Crippen LogP contribution in [0.15, 0.2) is 5.22 Å². The van der Waals surface area contributed by atoms with E-state index >= 15 is 0 Å². The van der Waals surface area contributed by atoms with Crippen LogP contribution in [-0.4, -0.2) is 22.9 Å². The number of carbonyl (C=O) groups is 3. The third-order valence-electron chi connectivity index (χ3n) is 1.09. The van der Waals surface area contributed by atoms with Gasteiger partial charge in [-0.05, 0) is 0 Å². The summed E-state index contributed by atoms with van der Waals surface area (Å²) in [5.41, 5.74) is 6.38. The Morgan fingerprint density at radius 3 is 2.55 bits per heavy atom. The summed E-state index contributed by atoms with van der Waals surface area (Å²) < 4.78 is 0. The molecule has 58 valence electrons. The highest BCUT2D eigenvalue weighted by Gasteiger charge is 2.30. The van der Waals surface area contributed by atoms with E-state index < -0.39 is 24.3 Å². The first-order valence-corrected chi connectivity index (χ1v) is 2.69. The summed E-state index contributed by atoms with van der Waals surface area (Å²) >= 11 is 0. The lowest BCUT2D eigenvalue weighted by atomic mass is 10.3. The minimum absolute atomic E-state index is 0.293. The third kappa shape index (κ3) is 1.20. The summed E-state index contributed by atoms with van der Waals surface area (Å²) in [5, 5.41) is 4.73. The van der Waals surface area contributed by atoms with Gasteiger partial charge in [0.15, 0.2) is 0 Å². The minimum Gasteiger partial charge on any atom is -0.276 e. The predicted molar refractivity (Wildman–Crippen MR) is 30.1 cm³/mol. The molecule has 0 aromatic heterocycles. The van der Waals surface area contributed by atoms with Gasteiger partial charge in [-0.3, -0.25) is 14.9 Å². The quantitative estimate of drug-likeness (QED) is 0.391. The van der Waals surface area contributed by atoms with Crippen LogP contribution in [0.4, 0.5) is 4.79 Å². The lowest BCUT2D eigenvalue weighted by molar-refractivity contribution is -0.136. The van der Waals surface area contributed by atoms with Crippen molar-refractivity contribution in [2.24, 2.45) is 5.22 Å². The molecule has 0 aromatic rings. The maximum absolute atomic E-state index is 10.7. The van der Waals surface area contributed by atoms with Gasteiger partial charge < -0.3 is 0 Å². The lowest BCUT2D eigenvalue weighted by Crippen LogP contribution is -2.49. The summed E-state index contributed by atoms with van der Waals surface area (Å²) in [4.78, 5) is 31.7. The lowest BCUT2D eigenvalue weighted by Gasteiger charge is -2.17. The van der Waals surface area contributed by atoms with Crippen LogP contribution in [0, 0.1) is 5.53 Å². The van der Waals surface area contributed by atoms with E-state index in [1.165, 1.54) is 0 Å². The molecule has 1 rings (SSSR count). The summed E-state index contributed by atoms with van der Waals surface area (Å²) in [6.45, 7) is 0. The molecule has 0 radical (unpaired) electrons. The molecule has 7 heteroatoms. The maximum Gasteiger partial charge on any atom is 0.353 e. The molecule has 0 aliphatic carbocycles. The van der Waals surface area contributed by atoms with Crippen LogP contribution in [0.3, 0.4) is 0 Å². The molecule has 11 heavy (non-hydrogen) atoms. The molecule has 1 heterocycles. The van der Waals surface area contributed by atoms with E-state index in [1.807, 2.05) is 5.32 Å². The average molecular weight is 156 g/mol. The van der Waals surface area contributed by atoms with Crippen molar-refractivity contribution in [3.63, 3.8) is 0 Å². The molecule has 1 saturated heterocycles. The van der Waals surface area contributed by atoms with Gasteiger partial charge in [0.1, 0.15) is 6.42 Å². The van der Waals surface area contributed by atoms with Crippen molar-refractivity contribution in [3.05, 3.63) is 0 Å². The smallest absolute Gasteiger partial charge is 0.276 e. The second kappa shape index (κ2) is 2.45. The maximum atomic E-state index is 10.7. The molecule has 1 fully saturated rings. The molecule has 0 aromatic carbocycles. The second-order valence-electron chi connectivity index (χ2n) is 1.84. The standard InChI is InChI=1S/C4H4N4O3/c5-7-8-3(10)1-2(9)6-4(8)11/h5H,1H2,(H,6,9,11). The van der Waals surface area contributed by atoms with Gasteiger partial charge in [-0.15, -0.1) is 5.01 Å². The van der Waals surface area contributed by atoms with Gasteiger partial charge in [0, 0.05) is 0 Å². The van der Waals surface area contributed by atoms with E-state index in [1.54, 1.807) is 0 Å². The van der Waals surface area contributed by atoms with Gasteiger partial charge in [-0.2, -0.15) is 5.53 Å². The molecular formula is C4H4N4O3. The number of nitrogens with zero attached hydrogens (tertiary/aromatic N) is 2. The van der Waals surface area contributed by atoms with Crippen LogP contribution < -0.4 is 5.32 Å². The molecule has 0 unspecified atom stereocenters. The summed E-state index contributed by atoms with van der Waals surface area (Å²) in [6, 6.07) is -0.971. The minimum atomic E-state index is -0.971. The topological polar surface area (TPSA) is 103 Å². The Balaban J connectivity index is 2.82. The highest BCUT2D eigenvalue weighted by molar-refractivity contribution is 6.13. The number of carbonyl (C=O) groups excluding carboxylic acids is 3. The second-order valence-corrected chi connectivity index (χ2v) is 1.84. The number of nitrogens with one attached hydrogen (secondary N) is 2. The average Bonchev–Trinajstić information content (AvgIpc) is 1.85. The highest BCUT2D eigenvalue weighted by Crippen LogP contribution is 2.01. The first kappa shape index (κ1) is 7.32. The van der Waals surface area contributed by atoms with Crippen molar-refractivity contribution in [1.29, 1.82) is 5.53 Å². The van der Waals surface area contributed by atoms with Gasteiger partial charge in [0.25, 0.3) is 5.91 Å². The number of hydrogen-bond donors (Lipinski definition) is 2. The summed E-state index contributed by atoms with van der Waals surface area (Å²) in [7, 11) is 0. The molecule has 0 saturated carbocycles. The highest BCUT2D eigenvalue weighted by atomic mass is 16.2. The van der Waals surface area contributed by atoms with Crippen molar-refractivity contribution in [2.75, 3.05) is 0 Å². The van der Waals surface area contributed by atoms with E-state index in [4.69, 9.17) is 5.53 Å². The van der Waals surface area contributed by atoms with Crippen molar-refractivity contribution in [1.82, 2.24) is 10.3 Å². The Hall–Kier alpha value is -1.79. The number of urea groups is 1. The molecule has 1 aliphatic heterocycles. The van der Waals surface area contributed by atoms with E-state index in [0.29, 0.717) is 5.01 Å². The van der Waals surface area contributed by atoms with Crippen molar-refractivity contribution >= 4 is 17.8 Å². The largest absolute Gasteiger partial charge is 0.353 e. The Kier molecular flexibility index (Phi) is 1.63. The Labute approximate surface area is 60.8 Å². The fraction of sp³-hybridized carbons (Fsp3) is 0.250. The first-order valence-electron chi connectivity index (χ1n) is 2.69. The zero-order valence-corrected chi connectivity index (χ0v) is 5.33. The van der Waals surface area contributed by atoms with Gasteiger partial charge in [-0.1, -0.05) is 5.22 Å². The van der Waals surface area contributed by atoms with Crippen LogP contribution in [0.5, 0.6) is 0 Å². The van der Waals surface area contributed by atoms with Crippen molar-refractivity contribution in [2.45, 2.75) is 6.42 Å². The van der Waals surface area contributed by atoms with Crippen LogP contribution in [0.1, 0.15) is 6.42 Å². The molecule has 7 nitrogen and oxygen atoms in total. The fourth-order valence-corrected chi connectivity index (χ4v) is 0.643. The van der Waals surface area contributed by atoms with E-state index in [0.717, 1.165) is 0 Å². The van der Waals surface area contributed by atoms with Crippen LogP contribution in [0.2, 0.25) is 0 Å². The Bertz CT molecular complexity index is 228. The monoisotopic (exact) mass is 156 g/mol. The molecule has 0 bridgehead atoms. The Morgan fingerprint density at radius 1 is 1.45 bits per heavy atom. The van der Waals surface area contributed by atoms with E-state index in [9.17, 15) is 14.4 Å². The SMILES string of the molecule is N=NN1C(=O)CC(=O)NC1=O. The third-order valence-corrected chi connectivity index (χ3v) is 1.09. The molecule has 0 atom stereocenters. The number of hydrogen-bond acceptors (Lipinski definition) is 5. The summed E-state index contributed by atoms with van der Waals surface area (Å²) in [5.74, 6) is -1.45. The molecule has 0 spiro atoms. The molecular weight excluding hydrogens is 152 g/mol. The molecule has 1 aliphatic rings. The normalized spacial score (nSPS) is 18.2. The molecule has 2 N–H and O–H groups in total. The first-order chi connectivity index (χ1) is 5.15. The zero-order valence-electron chi connectivity index (χ0n) is 5.33. The fourth-order valence-electron chi connectivity index (χ4n) is 0.643.